The molecule has 1 atom stereocenters. The van der Waals surface area contributed by atoms with Crippen molar-refractivity contribution in [2.24, 2.45) is 0 Å². The highest BCUT2D eigenvalue weighted by molar-refractivity contribution is 6.00. The first-order valence-electron chi connectivity index (χ1n) is 14.3. The molecule has 42 heavy (non-hydrogen) atoms. The largest absolute Gasteiger partial charge is 0.478 e. The number of carboxylic acids is 1. The number of ether oxygens (including phenoxy) is 1. The van der Waals surface area contributed by atoms with Gasteiger partial charge in [0.2, 0.25) is 0 Å². The number of allylic oxidation sites excluding steroid dienone is 1. The molecule has 7 heteroatoms. The molecular weight excluding hydrogens is 524 g/mol. The number of hydrogen-bond donors (Lipinski definition) is 1. The zero-order valence-electron chi connectivity index (χ0n) is 23.5. The Morgan fingerprint density at radius 3 is 2.36 bits per heavy atom. The molecule has 0 amide bonds. The van der Waals surface area contributed by atoms with Gasteiger partial charge in [0.1, 0.15) is 6.33 Å². The predicted molar refractivity (Wildman–Crippen MR) is 165 cm³/mol. The van der Waals surface area contributed by atoms with Crippen LogP contribution in [0.1, 0.15) is 61.1 Å². The van der Waals surface area contributed by atoms with Crippen LogP contribution in [-0.4, -0.2) is 37.4 Å². The quantitative estimate of drug-likeness (QED) is 0.156. The molecular formula is C35H32N4O3. The predicted octanol–water partition coefficient (Wildman–Crippen LogP) is 7.66. The molecule has 0 aliphatic carbocycles. The molecule has 0 saturated carbocycles. The first-order chi connectivity index (χ1) is 20.6. The van der Waals surface area contributed by atoms with Gasteiger partial charge in [-0.2, -0.15) is 5.10 Å². The molecule has 6 rings (SSSR count). The molecule has 7 nitrogen and oxygen atoms in total. The number of carboxylic acid groups (broad SMARTS) is 1. The Kier molecular flexibility index (Phi) is 8.01. The molecule has 1 aliphatic heterocycles. The lowest BCUT2D eigenvalue weighted by Crippen LogP contribution is -2.18. The van der Waals surface area contributed by atoms with Crippen molar-refractivity contribution < 1.29 is 14.6 Å². The maximum atomic E-state index is 11.0. The van der Waals surface area contributed by atoms with Gasteiger partial charge in [-0.1, -0.05) is 61.5 Å². The van der Waals surface area contributed by atoms with Crippen LogP contribution in [0.3, 0.4) is 0 Å². The van der Waals surface area contributed by atoms with Crippen LogP contribution < -0.4 is 0 Å². The van der Waals surface area contributed by atoms with Crippen LogP contribution in [0.5, 0.6) is 0 Å². The highest BCUT2D eigenvalue weighted by Gasteiger charge is 2.20. The summed E-state index contributed by atoms with van der Waals surface area (Å²) < 4.78 is 8.03. The van der Waals surface area contributed by atoms with Crippen molar-refractivity contribution in [2.75, 3.05) is 6.61 Å². The van der Waals surface area contributed by atoms with Crippen LogP contribution in [0.2, 0.25) is 0 Å². The second-order valence-electron chi connectivity index (χ2n) is 10.4. The van der Waals surface area contributed by atoms with E-state index in [1.54, 1.807) is 6.08 Å². The van der Waals surface area contributed by atoms with Gasteiger partial charge in [0.25, 0.3) is 0 Å². The number of hydrogen-bond acceptors (Lipinski definition) is 5. The summed E-state index contributed by atoms with van der Waals surface area (Å²) in [5.41, 5.74) is 9.55. The maximum absolute atomic E-state index is 11.0. The number of rotatable bonds is 8. The zero-order chi connectivity index (χ0) is 28.9. The molecule has 0 bridgehead atoms. The van der Waals surface area contributed by atoms with Crippen molar-refractivity contribution in [3.8, 4) is 11.1 Å². The van der Waals surface area contributed by atoms with Gasteiger partial charge in [-0.3, -0.25) is 0 Å². The second-order valence-corrected chi connectivity index (χ2v) is 10.4. The van der Waals surface area contributed by atoms with E-state index in [1.165, 1.54) is 11.9 Å². The van der Waals surface area contributed by atoms with Gasteiger partial charge in [-0.25, -0.2) is 19.4 Å². The summed E-state index contributed by atoms with van der Waals surface area (Å²) in [6.45, 7) is 2.94. The highest BCUT2D eigenvalue weighted by atomic mass is 16.5. The van der Waals surface area contributed by atoms with Gasteiger partial charge in [0, 0.05) is 36.0 Å². The van der Waals surface area contributed by atoms with E-state index in [0.717, 1.165) is 88.2 Å². The molecule has 0 spiro atoms. The summed E-state index contributed by atoms with van der Waals surface area (Å²) in [4.78, 5) is 19.3. The average Bonchev–Trinajstić information content (AvgIpc) is 3.47. The van der Waals surface area contributed by atoms with Gasteiger partial charge >= 0.3 is 5.97 Å². The molecule has 1 unspecified atom stereocenters. The van der Waals surface area contributed by atoms with Crippen LogP contribution in [-0.2, 0) is 9.53 Å². The van der Waals surface area contributed by atoms with E-state index >= 15 is 0 Å². The third-order valence-corrected chi connectivity index (χ3v) is 7.71. The minimum atomic E-state index is -0.967. The molecule has 2 aromatic heterocycles. The Hall–Kier alpha value is -4.88. The average molecular weight is 557 g/mol. The Labute approximate surface area is 244 Å². The summed E-state index contributed by atoms with van der Waals surface area (Å²) >= 11 is 0. The van der Waals surface area contributed by atoms with Crippen LogP contribution >= 0.6 is 0 Å². The van der Waals surface area contributed by atoms with Gasteiger partial charge < -0.3 is 9.84 Å². The number of aliphatic carboxylic acids is 1. The number of fused-ring (bicyclic) bond motifs is 1. The molecule has 3 aromatic carbocycles. The lowest BCUT2D eigenvalue weighted by Gasteiger charge is -2.23. The summed E-state index contributed by atoms with van der Waals surface area (Å²) in [5.74, 6) is -0.967. The van der Waals surface area contributed by atoms with Crippen molar-refractivity contribution in [1.29, 1.82) is 0 Å². The number of benzene rings is 3. The van der Waals surface area contributed by atoms with E-state index in [2.05, 4.69) is 71.5 Å². The van der Waals surface area contributed by atoms with Crippen molar-refractivity contribution in [1.82, 2.24) is 19.7 Å². The van der Waals surface area contributed by atoms with Crippen LogP contribution in [0.15, 0.2) is 97.7 Å². The van der Waals surface area contributed by atoms with E-state index in [1.807, 2.05) is 35.4 Å². The van der Waals surface area contributed by atoms with Crippen molar-refractivity contribution >= 4 is 34.1 Å². The summed E-state index contributed by atoms with van der Waals surface area (Å²) in [5, 5.41) is 14.8. The first kappa shape index (κ1) is 27.3. The summed E-state index contributed by atoms with van der Waals surface area (Å²) in [6, 6.07) is 23.1. The molecule has 1 saturated heterocycles. The summed E-state index contributed by atoms with van der Waals surface area (Å²) in [6.07, 6.45) is 13.9. The normalized spacial score (nSPS) is 16.1. The van der Waals surface area contributed by atoms with E-state index in [0.29, 0.717) is 0 Å². The lowest BCUT2D eigenvalue weighted by molar-refractivity contribution is -0.131. The zero-order valence-corrected chi connectivity index (χ0v) is 23.5. The van der Waals surface area contributed by atoms with Gasteiger partial charge in [0.15, 0.2) is 6.23 Å². The Morgan fingerprint density at radius 1 is 0.929 bits per heavy atom. The second kappa shape index (κ2) is 12.3. The highest BCUT2D eigenvalue weighted by Crippen LogP contribution is 2.37. The number of nitrogens with zero attached hydrogens (tertiary/aromatic N) is 4. The minimum Gasteiger partial charge on any atom is -0.478 e. The van der Waals surface area contributed by atoms with Crippen molar-refractivity contribution in [3.05, 3.63) is 120 Å². The molecule has 1 N–H and O–H groups in total. The van der Waals surface area contributed by atoms with E-state index in [4.69, 9.17) is 14.9 Å². The topological polar surface area (TPSA) is 90.1 Å². The standard InChI is InChI=1S/C35H32N4O3/c1-2-31(26-13-11-25(12-14-26)30-20-36-23-37-21-30)35(27-9-6-24(7-10-27)8-17-34(40)41)28-15-16-32-29(19-28)22-38-39(32)33-5-3-4-18-42-33/h6-17,19-23,33H,2-5,18H2,1H3,(H,40,41). The third kappa shape index (κ3) is 5.78. The number of aromatic nitrogens is 4. The fourth-order valence-corrected chi connectivity index (χ4v) is 5.64. The molecule has 1 aliphatic rings. The third-order valence-electron chi connectivity index (χ3n) is 7.71. The van der Waals surface area contributed by atoms with Crippen LogP contribution in [0.25, 0.3) is 39.3 Å². The van der Waals surface area contributed by atoms with E-state index < -0.39 is 5.97 Å². The monoisotopic (exact) mass is 556 g/mol. The molecule has 210 valence electrons. The van der Waals surface area contributed by atoms with Crippen LogP contribution in [0, 0.1) is 0 Å². The maximum Gasteiger partial charge on any atom is 0.328 e. The SMILES string of the molecule is CCC(=C(c1ccc(C=CC(=O)O)cc1)c1ccc2c(cnn2C2CCCCO2)c1)c1ccc(-c2cncnc2)cc1. The molecule has 1 fully saturated rings. The minimum absolute atomic E-state index is 0.0248. The molecule has 3 heterocycles. The van der Waals surface area contributed by atoms with Crippen molar-refractivity contribution in [2.45, 2.75) is 38.8 Å². The van der Waals surface area contributed by atoms with Crippen molar-refractivity contribution in [3.63, 3.8) is 0 Å². The lowest BCUT2D eigenvalue weighted by atomic mass is 9.87. The van der Waals surface area contributed by atoms with Crippen LogP contribution in [0.4, 0.5) is 0 Å². The Morgan fingerprint density at radius 2 is 1.67 bits per heavy atom. The fraction of sp³-hybridized carbons (Fsp3) is 0.200. The Balaban J connectivity index is 1.45. The smallest absolute Gasteiger partial charge is 0.328 e. The van der Waals surface area contributed by atoms with Gasteiger partial charge in [-0.15, -0.1) is 0 Å². The first-order valence-corrected chi connectivity index (χ1v) is 14.3. The molecule has 0 radical (unpaired) electrons. The van der Waals surface area contributed by atoms with Gasteiger partial charge in [-0.05, 0) is 82.9 Å². The number of carbonyl (C=O) groups is 1. The summed E-state index contributed by atoms with van der Waals surface area (Å²) in [7, 11) is 0. The molecule has 5 aromatic rings. The van der Waals surface area contributed by atoms with E-state index in [-0.39, 0.29) is 6.23 Å². The van der Waals surface area contributed by atoms with Gasteiger partial charge in [0.05, 0.1) is 11.7 Å². The Bertz CT molecular complexity index is 1750. The fourth-order valence-electron chi connectivity index (χ4n) is 5.64. The van der Waals surface area contributed by atoms with E-state index in [9.17, 15) is 4.79 Å².